The number of halogens is 1. The topological polar surface area (TPSA) is 37.3 Å². The summed E-state index contributed by atoms with van der Waals surface area (Å²) >= 11 is 3.90. The third-order valence-electron chi connectivity index (χ3n) is 9.33. The predicted octanol–water partition coefficient (Wildman–Crippen LogP) is 6.35. The van der Waals surface area contributed by atoms with Crippen molar-refractivity contribution >= 4 is 29.3 Å². The SMILES string of the molecule is CS[C@]1(SCc2ccccc2)CC[C@H]2[C@@H]3CCC4=CC(=O)C=C[C@]4(C)[C@@]3(F)[C@@H](O)C[C@@]21C. The first-order valence-corrected chi connectivity index (χ1v) is 14.0. The number of rotatable bonds is 4. The molecule has 4 aliphatic carbocycles. The van der Waals surface area contributed by atoms with Gasteiger partial charge >= 0.3 is 0 Å². The van der Waals surface area contributed by atoms with Crippen molar-refractivity contribution in [2.45, 2.75) is 67.6 Å². The maximum atomic E-state index is 17.2. The molecule has 172 valence electrons. The number of thioether (sulfide) groups is 2. The fraction of sp³-hybridized carbons (Fsp3) is 0.593. The Balaban J connectivity index is 1.50. The van der Waals surface area contributed by atoms with E-state index in [1.165, 1.54) is 11.6 Å². The van der Waals surface area contributed by atoms with Gasteiger partial charge in [-0.25, -0.2) is 4.39 Å². The van der Waals surface area contributed by atoms with Crippen LogP contribution < -0.4 is 0 Å². The number of carbonyl (C=O) groups is 1. The van der Waals surface area contributed by atoms with Gasteiger partial charge in [-0.2, -0.15) is 0 Å². The van der Waals surface area contributed by atoms with Crippen molar-refractivity contribution in [2.75, 3.05) is 6.26 Å². The Morgan fingerprint density at radius 3 is 2.62 bits per heavy atom. The molecule has 0 saturated heterocycles. The van der Waals surface area contributed by atoms with Crippen molar-refractivity contribution in [3.05, 3.63) is 59.7 Å². The van der Waals surface area contributed by atoms with E-state index in [-0.39, 0.29) is 27.1 Å². The van der Waals surface area contributed by atoms with Crippen molar-refractivity contribution in [3.8, 4) is 0 Å². The summed E-state index contributed by atoms with van der Waals surface area (Å²) in [6.45, 7) is 4.22. The van der Waals surface area contributed by atoms with Crippen LogP contribution in [-0.4, -0.2) is 33.0 Å². The number of fused-ring (bicyclic) bond motifs is 5. The maximum absolute atomic E-state index is 17.2. The van der Waals surface area contributed by atoms with Crippen molar-refractivity contribution in [1.82, 2.24) is 0 Å². The van der Waals surface area contributed by atoms with Crippen LogP contribution in [-0.2, 0) is 10.5 Å². The number of hydrogen-bond donors (Lipinski definition) is 1. The van der Waals surface area contributed by atoms with Gasteiger partial charge in [0.1, 0.15) is 0 Å². The van der Waals surface area contributed by atoms with Crippen LogP contribution >= 0.6 is 23.5 Å². The van der Waals surface area contributed by atoms with E-state index in [2.05, 4.69) is 37.4 Å². The van der Waals surface area contributed by atoms with Gasteiger partial charge in [0.05, 0.1) is 10.2 Å². The third-order valence-corrected chi connectivity index (χ3v) is 13.1. The lowest BCUT2D eigenvalue weighted by Gasteiger charge is -2.63. The molecule has 5 rings (SSSR count). The Morgan fingerprint density at radius 2 is 1.91 bits per heavy atom. The minimum atomic E-state index is -1.73. The summed E-state index contributed by atoms with van der Waals surface area (Å²) in [7, 11) is 0. The largest absolute Gasteiger partial charge is 0.390 e. The summed E-state index contributed by atoms with van der Waals surface area (Å²) in [4.78, 5) is 12.0. The van der Waals surface area contributed by atoms with Crippen molar-refractivity contribution in [1.29, 1.82) is 0 Å². The first-order chi connectivity index (χ1) is 15.2. The molecule has 5 heteroatoms. The van der Waals surface area contributed by atoms with Crippen LogP contribution in [0.4, 0.5) is 4.39 Å². The van der Waals surface area contributed by atoms with Gasteiger partial charge in [0.25, 0.3) is 0 Å². The first-order valence-electron chi connectivity index (χ1n) is 11.7. The molecule has 0 spiro atoms. The molecule has 1 N–H and O–H groups in total. The zero-order valence-corrected chi connectivity index (χ0v) is 20.8. The van der Waals surface area contributed by atoms with Gasteiger partial charge in [0.15, 0.2) is 11.5 Å². The van der Waals surface area contributed by atoms with E-state index in [1.807, 2.05) is 36.5 Å². The molecule has 7 atom stereocenters. The number of hydrogen-bond acceptors (Lipinski definition) is 4. The lowest BCUT2D eigenvalue weighted by molar-refractivity contribution is -0.189. The number of ketones is 1. The zero-order valence-electron chi connectivity index (χ0n) is 19.1. The molecule has 1 aromatic rings. The molecule has 0 heterocycles. The fourth-order valence-corrected chi connectivity index (χ4v) is 10.7. The molecular weight excluding hydrogens is 439 g/mol. The molecule has 0 bridgehead atoms. The summed E-state index contributed by atoms with van der Waals surface area (Å²) in [5.41, 5.74) is -0.592. The highest BCUT2D eigenvalue weighted by molar-refractivity contribution is 8.17. The molecule has 0 aromatic heterocycles. The van der Waals surface area contributed by atoms with Gasteiger partial charge in [0, 0.05) is 17.1 Å². The lowest BCUT2D eigenvalue weighted by Crippen LogP contribution is -2.67. The number of aliphatic hydroxyl groups excluding tert-OH is 1. The number of allylic oxidation sites excluding steroid dienone is 4. The molecule has 32 heavy (non-hydrogen) atoms. The average molecular weight is 473 g/mol. The highest BCUT2D eigenvalue weighted by atomic mass is 32.2. The summed E-state index contributed by atoms with van der Waals surface area (Å²) in [6.07, 6.45) is 9.99. The second-order valence-corrected chi connectivity index (χ2v) is 13.2. The normalized spacial score (nSPS) is 45.1. The highest BCUT2D eigenvalue weighted by Crippen LogP contribution is 2.73. The van der Waals surface area contributed by atoms with E-state index in [9.17, 15) is 9.90 Å². The minimum absolute atomic E-state index is 0.0365. The van der Waals surface area contributed by atoms with Crippen molar-refractivity contribution in [2.24, 2.45) is 22.7 Å². The highest BCUT2D eigenvalue weighted by Gasteiger charge is 2.73. The molecule has 0 amide bonds. The predicted molar refractivity (Wildman–Crippen MR) is 132 cm³/mol. The first kappa shape index (κ1) is 22.7. The maximum Gasteiger partial charge on any atom is 0.178 e. The summed E-state index contributed by atoms with van der Waals surface area (Å²) in [5.74, 6) is 0.911. The summed E-state index contributed by atoms with van der Waals surface area (Å²) < 4.78 is 17.2. The molecular formula is C27H33FO2S2. The molecule has 0 radical (unpaired) electrons. The fourth-order valence-electron chi connectivity index (χ4n) is 7.56. The van der Waals surface area contributed by atoms with Crippen LogP contribution in [0.5, 0.6) is 0 Å². The number of carbonyl (C=O) groups excluding carboxylic acids is 1. The minimum Gasteiger partial charge on any atom is -0.390 e. The number of aliphatic hydroxyl groups is 1. The smallest absolute Gasteiger partial charge is 0.178 e. The number of benzene rings is 1. The Morgan fingerprint density at radius 1 is 1.16 bits per heavy atom. The van der Waals surface area contributed by atoms with Crippen LogP contribution in [0.2, 0.25) is 0 Å². The van der Waals surface area contributed by atoms with E-state index in [4.69, 9.17) is 0 Å². The monoisotopic (exact) mass is 472 g/mol. The lowest BCUT2D eigenvalue weighted by atomic mass is 9.46. The van der Waals surface area contributed by atoms with E-state index in [0.29, 0.717) is 12.8 Å². The van der Waals surface area contributed by atoms with Crippen molar-refractivity contribution < 1.29 is 14.3 Å². The second kappa shape index (κ2) is 7.74. The van der Waals surface area contributed by atoms with Crippen LogP contribution in [0.25, 0.3) is 0 Å². The van der Waals surface area contributed by atoms with Crippen LogP contribution in [0.3, 0.4) is 0 Å². The van der Waals surface area contributed by atoms with Gasteiger partial charge in [-0.05, 0) is 74.3 Å². The Bertz CT molecular complexity index is 977. The van der Waals surface area contributed by atoms with Crippen LogP contribution in [0.1, 0.15) is 51.5 Å². The summed E-state index contributed by atoms with van der Waals surface area (Å²) in [6, 6.07) is 10.6. The van der Waals surface area contributed by atoms with Crippen molar-refractivity contribution in [3.63, 3.8) is 0 Å². The quantitative estimate of drug-likeness (QED) is 0.518. The van der Waals surface area contributed by atoms with Gasteiger partial charge in [-0.3, -0.25) is 4.79 Å². The average Bonchev–Trinajstić information content (AvgIpc) is 3.07. The molecule has 2 nitrogen and oxygen atoms in total. The third kappa shape index (κ3) is 2.93. The van der Waals surface area contributed by atoms with Gasteiger partial charge in [0.2, 0.25) is 0 Å². The van der Waals surface area contributed by atoms with Gasteiger partial charge in [-0.15, -0.1) is 23.5 Å². The molecule has 0 unspecified atom stereocenters. The second-order valence-electron chi connectivity index (χ2n) is 10.5. The van der Waals surface area contributed by atoms with Crippen LogP contribution in [0.15, 0.2) is 54.1 Å². The van der Waals surface area contributed by atoms with Crippen LogP contribution in [0, 0.1) is 22.7 Å². The zero-order chi connectivity index (χ0) is 22.8. The Labute approximate surface area is 199 Å². The molecule has 3 fully saturated rings. The van der Waals surface area contributed by atoms with E-state index >= 15 is 4.39 Å². The van der Waals surface area contributed by atoms with E-state index < -0.39 is 17.2 Å². The Hall–Kier alpha value is -1.04. The van der Waals surface area contributed by atoms with Gasteiger partial charge < -0.3 is 5.11 Å². The molecule has 3 saturated carbocycles. The Kier molecular flexibility index (Phi) is 5.50. The molecule has 0 aliphatic heterocycles. The molecule has 1 aromatic carbocycles. The van der Waals surface area contributed by atoms with E-state index in [0.717, 1.165) is 30.6 Å². The van der Waals surface area contributed by atoms with E-state index in [1.54, 1.807) is 12.2 Å². The van der Waals surface area contributed by atoms with Gasteiger partial charge in [-0.1, -0.05) is 48.9 Å². The standard InChI is InChI=1S/C27H33FO2S2/c1-24-13-11-20(29)15-19(24)9-10-22-21-12-14-26(31-3,32-17-18-7-5-4-6-8-18)25(21,2)16-23(30)27(22,24)28/h4-8,11,13,15,21-23,30H,9-10,12,14,16-17H2,1-3H3/t21-,22-,23-,24-,25-,26-,27-/m0/s1. The number of alkyl halides is 1. The summed E-state index contributed by atoms with van der Waals surface area (Å²) in [5, 5.41) is 11.5. The molecule has 4 aliphatic rings.